The fourth-order valence-corrected chi connectivity index (χ4v) is 4.33. The molecule has 0 saturated carbocycles. The summed E-state index contributed by atoms with van der Waals surface area (Å²) in [5.74, 6) is -0.386. The molecule has 5 heteroatoms. The normalized spacial score (nSPS) is 11.1. The molecule has 0 spiro atoms. The molecule has 0 aliphatic rings. The van der Waals surface area contributed by atoms with E-state index >= 15 is 0 Å². The molecule has 0 atom stereocenters. The van der Waals surface area contributed by atoms with Crippen LogP contribution in [0.2, 0.25) is 0 Å². The van der Waals surface area contributed by atoms with Crippen LogP contribution < -0.4 is 5.73 Å². The summed E-state index contributed by atoms with van der Waals surface area (Å²) in [4.78, 5) is 12.2. The zero-order valence-electron chi connectivity index (χ0n) is 17.6. The third kappa shape index (κ3) is 3.73. The first-order valence-electron chi connectivity index (χ1n) is 10.6. The van der Waals surface area contributed by atoms with Crippen molar-refractivity contribution in [3.8, 4) is 11.8 Å². The number of fused-ring (bicyclic) bond motifs is 3. The van der Waals surface area contributed by atoms with Crippen LogP contribution in [0.15, 0.2) is 54.6 Å². The Hall–Kier alpha value is -3.78. The number of nitrogens with zero attached hydrogens (tertiary/aromatic N) is 2. The van der Waals surface area contributed by atoms with Crippen LogP contribution in [-0.4, -0.2) is 15.6 Å². The van der Waals surface area contributed by atoms with Crippen LogP contribution in [0.25, 0.3) is 21.8 Å². The Kier molecular flexibility index (Phi) is 5.64. The number of phenolic OH excluding ortho intramolecular Hbond substituents is 1. The molecule has 0 aliphatic carbocycles. The summed E-state index contributed by atoms with van der Waals surface area (Å²) < 4.78 is 2.07. The van der Waals surface area contributed by atoms with Gasteiger partial charge in [-0.2, -0.15) is 5.26 Å². The number of rotatable bonds is 7. The van der Waals surface area contributed by atoms with E-state index in [-0.39, 0.29) is 5.75 Å². The van der Waals surface area contributed by atoms with Gasteiger partial charge < -0.3 is 15.4 Å². The number of nitriles is 1. The van der Waals surface area contributed by atoms with E-state index in [1.54, 1.807) is 24.3 Å². The SMILES string of the molecule is CCCCCc1cc(O)c2c3c(C(N)=O)cccc3n(Cc3ccccc3C#N)c2c1. The zero-order chi connectivity index (χ0) is 22.0. The minimum Gasteiger partial charge on any atom is -0.507 e. The Morgan fingerprint density at radius 2 is 1.87 bits per heavy atom. The van der Waals surface area contributed by atoms with Crippen molar-refractivity contribution >= 4 is 27.7 Å². The number of benzene rings is 3. The van der Waals surface area contributed by atoms with Gasteiger partial charge in [0.25, 0.3) is 0 Å². The highest BCUT2D eigenvalue weighted by Crippen LogP contribution is 2.39. The van der Waals surface area contributed by atoms with E-state index < -0.39 is 5.91 Å². The molecule has 1 heterocycles. The van der Waals surface area contributed by atoms with E-state index in [0.29, 0.717) is 28.4 Å². The monoisotopic (exact) mass is 411 g/mol. The van der Waals surface area contributed by atoms with Crippen molar-refractivity contribution in [3.05, 3.63) is 76.9 Å². The molecule has 0 radical (unpaired) electrons. The molecule has 0 saturated heterocycles. The van der Waals surface area contributed by atoms with Crippen LogP contribution in [-0.2, 0) is 13.0 Å². The molecule has 1 aromatic heterocycles. The number of hydrogen-bond donors (Lipinski definition) is 2. The third-order valence-electron chi connectivity index (χ3n) is 5.83. The first kappa shape index (κ1) is 20.5. The number of unbranched alkanes of at least 4 members (excludes halogenated alkanes) is 2. The molecule has 156 valence electrons. The second kappa shape index (κ2) is 8.53. The molecule has 3 aromatic carbocycles. The van der Waals surface area contributed by atoms with Gasteiger partial charge in [0, 0.05) is 17.5 Å². The molecule has 5 nitrogen and oxygen atoms in total. The maximum atomic E-state index is 12.2. The van der Waals surface area contributed by atoms with Gasteiger partial charge in [-0.3, -0.25) is 4.79 Å². The lowest BCUT2D eigenvalue weighted by Gasteiger charge is -2.11. The van der Waals surface area contributed by atoms with Gasteiger partial charge in [0.2, 0.25) is 5.91 Å². The number of nitrogens with two attached hydrogens (primary N) is 1. The summed E-state index contributed by atoms with van der Waals surface area (Å²) in [7, 11) is 0. The lowest BCUT2D eigenvalue weighted by Crippen LogP contribution is -2.11. The highest BCUT2D eigenvalue weighted by Gasteiger charge is 2.20. The lowest BCUT2D eigenvalue weighted by molar-refractivity contribution is 0.100. The van der Waals surface area contributed by atoms with Crippen molar-refractivity contribution in [3.63, 3.8) is 0 Å². The largest absolute Gasteiger partial charge is 0.507 e. The number of primary amides is 1. The number of carbonyl (C=O) groups is 1. The van der Waals surface area contributed by atoms with Crippen LogP contribution in [0.3, 0.4) is 0 Å². The molecule has 0 aliphatic heterocycles. The molecular weight excluding hydrogens is 386 g/mol. The molecule has 0 fully saturated rings. The molecular formula is C26H25N3O2. The molecule has 4 rings (SSSR count). The van der Waals surface area contributed by atoms with Crippen LogP contribution in [0.1, 0.15) is 53.2 Å². The van der Waals surface area contributed by atoms with Crippen molar-refractivity contribution < 1.29 is 9.90 Å². The number of aromatic nitrogens is 1. The van der Waals surface area contributed by atoms with Crippen molar-refractivity contribution in [1.29, 1.82) is 5.26 Å². The summed E-state index contributed by atoms with van der Waals surface area (Å²) in [5.41, 5.74) is 10.2. The summed E-state index contributed by atoms with van der Waals surface area (Å²) in [6.07, 6.45) is 4.17. The van der Waals surface area contributed by atoms with Gasteiger partial charge in [-0.1, -0.05) is 44.0 Å². The van der Waals surface area contributed by atoms with Crippen LogP contribution >= 0.6 is 0 Å². The molecule has 31 heavy (non-hydrogen) atoms. The molecule has 0 bridgehead atoms. The van der Waals surface area contributed by atoms with Gasteiger partial charge in [0.15, 0.2) is 0 Å². The lowest BCUT2D eigenvalue weighted by atomic mass is 10.0. The second-order valence-electron chi connectivity index (χ2n) is 7.89. The fourth-order valence-electron chi connectivity index (χ4n) is 4.33. The van der Waals surface area contributed by atoms with Crippen LogP contribution in [0.4, 0.5) is 0 Å². The smallest absolute Gasteiger partial charge is 0.249 e. The predicted octanol–water partition coefficient (Wildman–Crippen LogP) is 5.25. The van der Waals surface area contributed by atoms with E-state index in [9.17, 15) is 15.2 Å². The highest BCUT2D eigenvalue weighted by atomic mass is 16.3. The summed E-state index contributed by atoms with van der Waals surface area (Å²) in [6, 6.07) is 19.0. The Bertz CT molecular complexity index is 1330. The molecule has 4 aromatic rings. The minimum absolute atomic E-state index is 0.148. The first-order valence-corrected chi connectivity index (χ1v) is 10.6. The summed E-state index contributed by atoms with van der Waals surface area (Å²) in [5, 5.41) is 21.8. The average molecular weight is 412 g/mol. The highest BCUT2D eigenvalue weighted by molar-refractivity contribution is 6.19. The first-order chi connectivity index (χ1) is 15.0. The predicted molar refractivity (Wildman–Crippen MR) is 123 cm³/mol. The van der Waals surface area contributed by atoms with Gasteiger partial charge in [-0.25, -0.2) is 0 Å². The molecule has 3 N–H and O–H groups in total. The number of phenols is 1. The summed E-state index contributed by atoms with van der Waals surface area (Å²) >= 11 is 0. The van der Waals surface area contributed by atoms with E-state index in [0.717, 1.165) is 47.8 Å². The van der Waals surface area contributed by atoms with Crippen molar-refractivity contribution in [1.82, 2.24) is 4.57 Å². The van der Waals surface area contributed by atoms with Crippen molar-refractivity contribution in [2.45, 2.75) is 39.2 Å². The number of hydrogen-bond acceptors (Lipinski definition) is 3. The minimum atomic E-state index is -0.534. The van der Waals surface area contributed by atoms with E-state index in [4.69, 9.17) is 5.73 Å². The summed E-state index contributed by atoms with van der Waals surface area (Å²) in [6.45, 7) is 2.61. The molecule has 0 unspecified atom stereocenters. The number of aromatic hydroxyl groups is 1. The third-order valence-corrected chi connectivity index (χ3v) is 5.83. The fraction of sp³-hybridized carbons (Fsp3) is 0.231. The number of amides is 1. The second-order valence-corrected chi connectivity index (χ2v) is 7.89. The van der Waals surface area contributed by atoms with E-state index in [1.165, 1.54) is 0 Å². The maximum Gasteiger partial charge on any atom is 0.249 e. The Balaban J connectivity index is 2.00. The van der Waals surface area contributed by atoms with Crippen LogP contribution in [0, 0.1) is 11.3 Å². The topological polar surface area (TPSA) is 92.0 Å². The quantitative estimate of drug-likeness (QED) is 0.407. The Morgan fingerprint density at radius 3 is 2.61 bits per heavy atom. The van der Waals surface area contributed by atoms with E-state index in [2.05, 4.69) is 23.6 Å². The maximum absolute atomic E-state index is 12.2. The standard InChI is InChI=1S/C26H25N3O2/c1-2-3-4-8-17-13-22-25(23(30)14-17)24-20(26(28)31)11-7-12-21(24)29(22)16-19-10-6-5-9-18(19)15-27/h5-7,9-14,30H,2-4,8,16H2,1H3,(H2,28,31). The number of aryl methyl sites for hydroxylation is 1. The number of carbonyl (C=O) groups excluding carboxylic acids is 1. The molecule has 1 amide bonds. The van der Waals surface area contributed by atoms with Gasteiger partial charge in [0.05, 0.1) is 28.1 Å². The van der Waals surface area contributed by atoms with Crippen molar-refractivity contribution in [2.24, 2.45) is 5.73 Å². The van der Waals surface area contributed by atoms with Gasteiger partial charge in [0.1, 0.15) is 5.75 Å². The zero-order valence-corrected chi connectivity index (χ0v) is 17.6. The Labute approximate surface area is 181 Å². The van der Waals surface area contributed by atoms with Gasteiger partial charge in [-0.15, -0.1) is 0 Å². The van der Waals surface area contributed by atoms with Crippen LogP contribution in [0.5, 0.6) is 5.75 Å². The van der Waals surface area contributed by atoms with Gasteiger partial charge >= 0.3 is 0 Å². The van der Waals surface area contributed by atoms with Crippen molar-refractivity contribution in [2.75, 3.05) is 0 Å². The van der Waals surface area contributed by atoms with Gasteiger partial charge in [-0.05, 0) is 54.3 Å². The Morgan fingerprint density at radius 1 is 1.06 bits per heavy atom. The van der Waals surface area contributed by atoms with E-state index in [1.807, 2.05) is 24.3 Å². The average Bonchev–Trinajstić information content (AvgIpc) is 3.08.